The topological polar surface area (TPSA) is 105 Å². The van der Waals surface area contributed by atoms with E-state index in [-0.39, 0.29) is 23.9 Å². The van der Waals surface area contributed by atoms with E-state index in [2.05, 4.69) is 5.32 Å². The second kappa shape index (κ2) is 11.9. The summed E-state index contributed by atoms with van der Waals surface area (Å²) in [5.41, 5.74) is 0.795. The molecule has 2 rings (SSSR count). The van der Waals surface area contributed by atoms with E-state index in [9.17, 15) is 18.0 Å². The highest BCUT2D eigenvalue weighted by Crippen LogP contribution is 2.33. The number of nitrogens with zero attached hydrogens (tertiary/aromatic N) is 2. The molecule has 2 amide bonds. The molecule has 0 saturated heterocycles. The molecule has 0 spiro atoms. The Bertz CT molecular complexity index is 1130. The zero-order valence-electron chi connectivity index (χ0n) is 19.9. The summed E-state index contributed by atoms with van der Waals surface area (Å²) in [6.07, 6.45) is 0.996. The molecule has 0 aliphatic heterocycles. The van der Waals surface area contributed by atoms with E-state index in [4.69, 9.17) is 21.1 Å². The molecule has 0 bridgehead atoms. The molecule has 0 radical (unpaired) electrons. The van der Waals surface area contributed by atoms with Gasteiger partial charge in [-0.05, 0) is 37.6 Å². The van der Waals surface area contributed by atoms with Gasteiger partial charge in [0.2, 0.25) is 21.8 Å². The maximum atomic E-state index is 13.5. The standard InChI is InChI=1S/C23H30ClN3O6S/c1-6-25-23(29)16(2)26(14-17-9-7-8-10-19(17)24)22(28)15-27(34(5,30)31)20-12-11-18(32-3)13-21(20)33-4/h7-13,16H,6,14-15H2,1-5H3,(H,25,29)/t16-/m1/s1. The van der Waals surface area contributed by atoms with Crippen molar-refractivity contribution in [2.75, 3.05) is 37.9 Å². The van der Waals surface area contributed by atoms with Crippen molar-refractivity contribution in [3.63, 3.8) is 0 Å². The van der Waals surface area contributed by atoms with Crippen LogP contribution in [0.1, 0.15) is 19.4 Å². The number of likely N-dealkylation sites (N-methyl/N-ethyl adjacent to an activating group) is 1. The van der Waals surface area contributed by atoms with Crippen molar-refractivity contribution in [3.8, 4) is 11.5 Å². The number of ether oxygens (including phenoxy) is 2. The lowest BCUT2D eigenvalue weighted by atomic mass is 10.1. The molecule has 0 fully saturated rings. The summed E-state index contributed by atoms with van der Waals surface area (Å²) in [5.74, 6) is -0.268. The summed E-state index contributed by atoms with van der Waals surface area (Å²) in [5, 5.41) is 3.13. The number of benzene rings is 2. The maximum absolute atomic E-state index is 13.5. The van der Waals surface area contributed by atoms with Crippen molar-refractivity contribution in [2.24, 2.45) is 0 Å². The van der Waals surface area contributed by atoms with Crippen LogP contribution in [0, 0.1) is 0 Å². The van der Waals surface area contributed by atoms with Crippen molar-refractivity contribution < 1.29 is 27.5 Å². The number of rotatable bonds is 11. The van der Waals surface area contributed by atoms with Gasteiger partial charge >= 0.3 is 0 Å². The normalized spacial score (nSPS) is 11.9. The number of carbonyl (C=O) groups excluding carboxylic acids is 2. The number of halogens is 1. The zero-order chi connectivity index (χ0) is 25.5. The first kappa shape index (κ1) is 27.3. The largest absolute Gasteiger partial charge is 0.497 e. The van der Waals surface area contributed by atoms with Gasteiger partial charge in [-0.3, -0.25) is 13.9 Å². The Kier molecular flexibility index (Phi) is 9.57. The van der Waals surface area contributed by atoms with Crippen LogP contribution >= 0.6 is 11.6 Å². The number of hydrogen-bond donors (Lipinski definition) is 1. The molecule has 186 valence electrons. The first-order valence-electron chi connectivity index (χ1n) is 10.5. The fraction of sp³-hybridized carbons (Fsp3) is 0.391. The third-order valence-corrected chi connectivity index (χ3v) is 6.65. The fourth-order valence-electron chi connectivity index (χ4n) is 3.30. The lowest BCUT2D eigenvalue weighted by Crippen LogP contribution is -2.51. The zero-order valence-corrected chi connectivity index (χ0v) is 21.4. The van der Waals surface area contributed by atoms with Crippen molar-refractivity contribution >= 4 is 39.1 Å². The summed E-state index contributed by atoms with van der Waals surface area (Å²) in [7, 11) is -1.03. The van der Waals surface area contributed by atoms with Gasteiger partial charge < -0.3 is 19.7 Å². The van der Waals surface area contributed by atoms with Gasteiger partial charge in [0.15, 0.2) is 0 Å². The quantitative estimate of drug-likeness (QED) is 0.497. The number of carbonyl (C=O) groups is 2. The number of hydrogen-bond acceptors (Lipinski definition) is 6. The molecule has 0 aliphatic carbocycles. The molecule has 2 aromatic rings. The van der Waals surface area contributed by atoms with E-state index in [1.807, 2.05) is 0 Å². The number of amides is 2. The molecule has 0 unspecified atom stereocenters. The number of sulfonamides is 1. The molecule has 0 aromatic heterocycles. The molecule has 2 aromatic carbocycles. The average Bonchev–Trinajstić information content (AvgIpc) is 2.80. The molecule has 34 heavy (non-hydrogen) atoms. The van der Waals surface area contributed by atoms with Crippen LogP contribution in [0.4, 0.5) is 5.69 Å². The average molecular weight is 512 g/mol. The summed E-state index contributed by atoms with van der Waals surface area (Å²) < 4.78 is 36.9. The second-order valence-corrected chi connectivity index (χ2v) is 9.81. The van der Waals surface area contributed by atoms with Gasteiger partial charge in [-0.15, -0.1) is 0 Å². The molecule has 0 aliphatic rings. The smallest absolute Gasteiger partial charge is 0.244 e. The van der Waals surface area contributed by atoms with Crippen molar-refractivity contribution in [1.29, 1.82) is 0 Å². The minimum absolute atomic E-state index is 0.0220. The minimum Gasteiger partial charge on any atom is -0.497 e. The highest BCUT2D eigenvalue weighted by atomic mass is 35.5. The summed E-state index contributed by atoms with van der Waals surface area (Å²) in [4.78, 5) is 27.4. The molecule has 1 atom stereocenters. The summed E-state index contributed by atoms with van der Waals surface area (Å²) in [6, 6.07) is 10.7. The Morgan fingerprint density at radius 3 is 2.35 bits per heavy atom. The highest BCUT2D eigenvalue weighted by Gasteiger charge is 2.31. The van der Waals surface area contributed by atoms with E-state index >= 15 is 0 Å². The Labute approximate surface area is 205 Å². The van der Waals surface area contributed by atoms with Crippen LogP contribution < -0.4 is 19.1 Å². The predicted molar refractivity (Wildman–Crippen MR) is 132 cm³/mol. The number of nitrogens with one attached hydrogen (secondary N) is 1. The molecular formula is C23H30ClN3O6S. The van der Waals surface area contributed by atoms with E-state index in [1.54, 1.807) is 44.2 Å². The Hall–Kier alpha value is -2.98. The molecule has 1 N–H and O–H groups in total. The molecule has 0 heterocycles. The second-order valence-electron chi connectivity index (χ2n) is 7.49. The fourth-order valence-corrected chi connectivity index (χ4v) is 4.35. The van der Waals surface area contributed by atoms with Crippen molar-refractivity contribution in [3.05, 3.63) is 53.1 Å². The van der Waals surface area contributed by atoms with Crippen molar-refractivity contribution in [1.82, 2.24) is 10.2 Å². The van der Waals surface area contributed by atoms with Crippen LogP contribution in [0.3, 0.4) is 0 Å². The number of anilines is 1. The van der Waals surface area contributed by atoms with Gasteiger partial charge in [-0.1, -0.05) is 29.8 Å². The van der Waals surface area contributed by atoms with E-state index in [1.165, 1.54) is 31.3 Å². The Balaban J connectivity index is 2.47. The van der Waals surface area contributed by atoms with Crippen LogP contribution in [0.5, 0.6) is 11.5 Å². The lowest BCUT2D eigenvalue weighted by Gasteiger charge is -2.32. The summed E-state index contributed by atoms with van der Waals surface area (Å²) in [6.45, 7) is 3.21. The monoisotopic (exact) mass is 511 g/mol. The predicted octanol–water partition coefficient (Wildman–Crippen LogP) is 2.68. The van der Waals surface area contributed by atoms with Crippen LogP contribution in [0.25, 0.3) is 0 Å². The van der Waals surface area contributed by atoms with Crippen LogP contribution in [-0.2, 0) is 26.2 Å². The SMILES string of the molecule is CCNC(=O)[C@@H](C)N(Cc1ccccc1Cl)C(=O)CN(c1ccc(OC)cc1OC)S(C)(=O)=O. The van der Waals surface area contributed by atoms with Gasteiger partial charge in [0.25, 0.3) is 0 Å². The van der Waals surface area contributed by atoms with E-state index in [0.29, 0.717) is 22.9 Å². The van der Waals surface area contributed by atoms with Gasteiger partial charge in [0.1, 0.15) is 24.1 Å². The van der Waals surface area contributed by atoms with Crippen LogP contribution in [0.2, 0.25) is 5.02 Å². The minimum atomic E-state index is -3.90. The Morgan fingerprint density at radius 2 is 1.79 bits per heavy atom. The molecule has 11 heteroatoms. The van der Waals surface area contributed by atoms with Crippen LogP contribution in [0.15, 0.2) is 42.5 Å². The van der Waals surface area contributed by atoms with E-state index < -0.39 is 28.5 Å². The van der Waals surface area contributed by atoms with Gasteiger partial charge in [-0.25, -0.2) is 8.42 Å². The molecular weight excluding hydrogens is 482 g/mol. The van der Waals surface area contributed by atoms with Gasteiger partial charge in [0.05, 0.1) is 26.2 Å². The first-order chi connectivity index (χ1) is 16.0. The first-order valence-corrected chi connectivity index (χ1v) is 12.8. The van der Waals surface area contributed by atoms with Gasteiger partial charge in [-0.2, -0.15) is 0 Å². The molecule has 9 nitrogen and oxygen atoms in total. The summed E-state index contributed by atoms with van der Waals surface area (Å²) >= 11 is 6.29. The lowest BCUT2D eigenvalue weighted by molar-refractivity contribution is -0.139. The number of methoxy groups -OCH3 is 2. The third-order valence-electron chi connectivity index (χ3n) is 5.15. The van der Waals surface area contributed by atoms with Crippen molar-refractivity contribution in [2.45, 2.75) is 26.4 Å². The maximum Gasteiger partial charge on any atom is 0.244 e. The van der Waals surface area contributed by atoms with Crippen LogP contribution in [-0.4, -0.2) is 64.7 Å². The van der Waals surface area contributed by atoms with E-state index in [0.717, 1.165) is 10.6 Å². The Morgan fingerprint density at radius 1 is 1.12 bits per heavy atom. The van der Waals surface area contributed by atoms with Gasteiger partial charge in [0, 0.05) is 24.2 Å². The third kappa shape index (κ3) is 6.77. The molecule has 0 saturated carbocycles. The highest BCUT2D eigenvalue weighted by molar-refractivity contribution is 7.92.